The number of para-hydroxylation sites is 1. The molecule has 0 saturated heterocycles. The summed E-state index contributed by atoms with van der Waals surface area (Å²) in [6.45, 7) is 0. The van der Waals surface area contributed by atoms with Crippen LogP contribution in [0.5, 0.6) is 0 Å². The van der Waals surface area contributed by atoms with Crippen LogP contribution >= 0.6 is 11.3 Å². The molecular weight excluding hydrogens is 723 g/mol. The van der Waals surface area contributed by atoms with E-state index >= 15 is 0 Å². The van der Waals surface area contributed by atoms with Crippen molar-refractivity contribution in [2.24, 2.45) is 0 Å². The van der Waals surface area contributed by atoms with Crippen LogP contribution in [0.2, 0.25) is 0 Å². The molecule has 0 fully saturated rings. The standard InChI is InChI=1S/C54H33N3S/c1-2-12-37(13-3-1)54-55-46(36-24-21-35(22-25-36)41-26-23-34-11-4-5-14-38(34)29-41)33-47(56-54)42-27-28-44-52(32-42)58-51-20-10-19-49(53(44)51)57-48-18-9-8-17-43(48)45-30-39-15-6-7-16-40(39)31-50(45)57/h1-33H. The van der Waals surface area contributed by atoms with Gasteiger partial charge in [-0.25, -0.2) is 9.97 Å². The van der Waals surface area contributed by atoms with Crippen LogP contribution in [0.1, 0.15) is 0 Å². The summed E-state index contributed by atoms with van der Waals surface area (Å²) in [5.74, 6) is 0.712. The predicted octanol–water partition coefficient (Wildman–Crippen LogP) is 14.9. The van der Waals surface area contributed by atoms with Gasteiger partial charge in [0.1, 0.15) is 0 Å². The zero-order valence-electron chi connectivity index (χ0n) is 31.3. The van der Waals surface area contributed by atoms with Crippen molar-refractivity contribution in [1.29, 1.82) is 0 Å². The Morgan fingerprint density at radius 1 is 0.345 bits per heavy atom. The molecule has 12 aromatic rings. The lowest BCUT2D eigenvalue weighted by Crippen LogP contribution is -1.96. The van der Waals surface area contributed by atoms with Crippen LogP contribution in [0.25, 0.3) is 114 Å². The second-order valence-electron chi connectivity index (χ2n) is 15.0. The summed E-state index contributed by atoms with van der Waals surface area (Å²) in [7, 11) is 0. The molecule has 3 heterocycles. The SMILES string of the molecule is c1ccc(-c2nc(-c3ccc(-c4ccc5ccccc5c4)cc3)cc(-c3ccc4c(c3)sc3cccc(-n5c6ccccc6c6cc7ccccc7cc65)c34)n2)cc1. The van der Waals surface area contributed by atoms with E-state index in [9.17, 15) is 0 Å². The van der Waals surface area contributed by atoms with Crippen LogP contribution in [-0.2, 0) is 0 Å². The first-order valence-corrected chi connectivity index (χ1v) is 20.5. The molecule has 0 amide bonds. The molecule has 0 N–H and O–H groups in total. The minimum absolute atomic E-state index is 0.712. The Morgan fingerprint density at radius 3 is 1.83 bits per heavy atom. The monoisotopic (exact) mass is 755 g/mol. The first kappa shape index (κ1) is 32.8. The van der Waals surface area contributed by atoms with E-state index in [-0.39, 0.29) is 0 Å². The van der Waals surface area contributed by atoms with Crippen LogP contribution in [0.15, 0.2) is 200 Å². The van der Waals surface area contributed by atoms with Crippen molar-refractivity contribution in [3.8, 4) is 50.7 Å². The van der Waals surface area contributed by atoms with Gasteiger partial charge in [-0.05, 0) is 81.2 Å². The molecule has 0 aliphatic rings. The van der Waals surface area contributed by atoms with Gasteiger partial charge in [-0.3, -0.25) is 0 Å². The van der Waals surface area contributed by atoms with Gasteiger partial charge in [-0.1, -0.05) is 152 Å². The van der Waals surface area contributed by atoms with E-state index in [0.29, 0.717) is 5.82 Å². The third-order valence-corrected chi connectivity index (χ3v) is 12.7. The van der Waals surface area contributed by atoms with Gasteiger partial charge in [0, 0.05) is 47.6 Å². The van der Waals surface area contributed by atoms with E-state index in [1.807, 2.05) is 29.5 Å². The molecule has 0 saturated carbocycles. The predicted molar refractivity (Wildman–Crippen MR) is 246 cm³/mol. The quantitative estimate of drug-likeness (QED) is 0.175. The molecule has 0 aliphatic heterocycles. The van der Waals surface area contributed by atoms with Gasteiger partial charge in [-0.15, -0.1) is 11.3 Å². The summed E-state index contributed by atoms with van der Waals surface area (Å²) < 4.78 is 4.96. The third kappa shape index (κ3) is 5.34. The Kier molecular flexibility index (Phi) is 7.40. The molecule has 4 heteroatoms. The van der Waals surface area contributed by atoms with Crippen molar-refractivity contribution >= 4 is 74.9 Å². The number of benzene rings is 9. The number of hydrogen-bond donors (Lipinski definition) is 0. The maximum absolute atomic E-state index is 5.20. The normalized spacial score (nSPS) is 11.8. The molecule has 12 rings (SSSR count). The van der Waals surface area contributed by atoms with E-state index in [1.165, 1.54) is 80.3 Å². The van der Waals surface area contributed by atoms with Crippen molar-refractivity contribution in [3.05, 3.63) is 200 Å². The van der Waals surface area contributed by atoms with Gasteiger partial charge in [0.15, 0.2) is 5.82 Å². The molecular formula is C54H33N3S. The molecule has 3 nitrogen and oxygen atoms in total. The van der Waals surface area contributed by atoms with E-state index in [0.717, 1.165) is 28.1 Å². The third-order valence-electron chi connectivity index (χ3n) is 11.6. The Hall–Kier alpha value is -7.40. The fraction of sp³-hybridized carbons (Fsp3) is 0. The van der Waals surface area contributed by atoms with E-state index in [1.54, 1.807) is 0 Å². The topological polar surface area (TPSA) is 30.7 Å². The molecule has 270 valence electrons. The average molecular weight is 756 g/mol. The largest absolute Gasteiger partial charge is 0.309 e. The van der Waals surface area contributed by atoms with E-state index in [4.69, 9.17) is 9.97 Å². The Bertz CT molecular complexity index is 3560. The summed E-state index contributed by atoms with van der Waals surface area (Å²) in [5, 5.41) is 10.0. The van der Waals surface area contributed by atoms with Gasteiger partial charge in [-0.2, -0.15) is 0 Å². The molecule has 0 unspecified atom stereocenters. The van der Waals surface area contributed by atoms with Crippen LogP contribution in [0, 0.1) is 0 Å². The zero-order valence-corrected chi connectivity index (χ0v) is 32.1. The lowest BCUT2D eigenvalue weighted by molar-refractivity contribution is 1.18. The summed E-state index contributed by atoms with van der Waals surface area (Å²) in [6, 6.07) is 72.1. The van der Waals surface area contributed by atoms with Crippen LogP contribution in [0.4, 0.5) is 0 Å². The maximum atomic E-state index is 5.20. The molecule has 0 radical (unpaired) electrons. The van der Waals surface area contributed by atoms with Gasteiger partial charge in [0.05, 0.1) is 28.1 Å². The highest BCUT2D eigenvalue weighted by Crippen LogP contribution is 2.43. The molecule has 0 bridgehead atoms. The fourth-order valence-corrected chi connectivity index (χ4v) is 9.90. The molecule has 58 heavy (non-hydrogen) atoms. The Balaban J connectivity index is 0.993. The highest BCUT2D eigenvalue weighted by atomic mass is 32.1. The van der Waals surface area contributed by atoms with Crippen LogP contribution < -0.4 is 0 Å². The highest BCUT2D eigenvalue weighted by Gasteiger charge is 2.19. The van der Waals surface area contributed by atoms with Crippen LogP contribution in [0.3, 0.4) is 0 Å². The Labute approximate surface area is 338 Å². The number of hydrogen-bond acceptors (Lipinski definition) is 3. The number of nitrogens with zero attached hydrogens (tertiary/aromatic N) is 3. The number of thiophene rings is 1. The van der Waals surface area contributed by atoms with Crippen molar-refractivity contribution in [3.63, 3.8) is 0 Å². The molecule has 0 spiro atoms. The second kappa shape index (κ2) is 13.1. The van der Waals surface area contributed by atoms with Crippen molar-refractivity contribution in [2.45, 2.75) is 0 Å². The van der Waals surface area contributed by atoms with Crippen LogP contribution in [-0.4, -0.2) is 14.5 Å². The van der Waals surface area contributed by atoms with Gasteiger partial charge >= 0.3 is 0 Å². The van der Waals surface area contributed by atoms with Crippen molar-refractivity contribution in [1.82, 2.24) is 14.5 Å². The number of rotatable bonds is 5. The van der Waals surface area contributed by atoms with Gasteiger partial charge in [0.25, 0.3) is 0 Å². The van der Waals surface area contributed by atoms with Crippen molar-refractivity contribution < 1.29 is 0 Å². The van der Waals surface area contributed by atoms with E-state index < -0.39 is 0 Å². The second-order valence-corrected chi connectivity index (χ2v) is 16.1. The fourth-order valence-electron chi connectivity index (χ4n) is 8.73. The van der Waals surface area contributed by atoms with Gasteiger partial charge in [0.2, 0.25) is 0 Å². The lowest BCUT2D eigenvalue weighted by atomic mass is 9.99. The minimum Gasteiger partial charge on any atom is -0.309 e. The Morgan fingerprint density at radius 2 is 1.00 bits per heavy atom. The molecule has 9 aromatic carbocycles. The molecule has 0 atom stereocenters. The number of aromatic nitrogens is 3. The van der Waals surface area contributed by atoms with Gasteiger partial charge < -0.3 is 4.57 Å². The summed E-state index contributed by atoms with van der Waals surface area (Å²) in [5.41, 5.74) is 10.9. The summed E-state index contributed by atoms with van der Waals surface area (Å²) >= 11 is 1.84. The first-order valence-electron chi connectivity index (χ1n) is 19.6. The summed E-state index contributed by atoms with van der Waals surface area (Å²) in [4.78, 5) is 10.3. The molecule has 3 aromatic heterocycles. The average Bonchev–Trinajstić information content (AvgIpc) is 3.83. The first-order chi connectivity index (χ1) is 28.7. The zero-order chi connectivity index (χ0) is 38.2. The highest BCUT2D eigenvalue weighted by molar-refractivity contribution is 7.26. The maximum Gasteiger partial charge on any atom is 0.160 e. The smallest absolute Gasteiger partial charge is 0.160 e. The minimum atomic E-state index is 0.712. The lowest BCUT2D eigenvalue weighted by Gasteiger charge is -2.11. The molecule has 0 aliphatic carbocycles. The van der Waals surface area contributed by atoms with Crippen molar-refractivity contribution in [2.75, 3.05) is 0 Å². The number of fused-ring (bicyclic) bond motifs is 8. The summed E-state index contributed by atoms with van der Waals surface area (Å²) in [6.07, 6.45) is 0. The van der Waals surface area contributed by atoms with E-state index in [2.05, 4.69) is 187 Å².